The summed E-state index contributed by atoms with van der Waals surface area (Å²) in [5, 5.41) is 11.2. The molecule has 0 N–H and O–H groups in total. The summed E-state index contributed by atoms with van der Waals surface area (Å²) in [4.78, 5) is 13.3. The molecule has 1 aliphatic heterocycles. The predicted molar refractivity (Wildman–Crippen MR) is 100 cm³/mol. The van der Waals surface area contributed by atoms with Crippen LogP contribution in [-0.4, -0.2) is 46.1 Å². The largest absolute Gasteiger partial charge is 0.466 e. The average molecular weight is 430 g/mol. The minimum Gasteiger partial charge on any atom is -0.466 e. The van der Waals surface area contributed by atoms with E-state index in [2.05, 4.69) is 26.6 Å². The molecular formula is C18H19ClF3N5O2. The molecule has 1 aliphatic rings. The minimum absolute atomic E-state index is 0.0528. The SMILES string of the molecule is C=C(CCCN1CCCc2c(C(F)(F)F)nn(-c3cnnc(Cl)c3)c21)C(=O)OC. The third-order valence-electron chi connectivity index (χ3n) is 4.61. The molecule has 0 bridgehead atoms. The molecule has 0 fully saturated rings. The van der Waals surface area contributed by atoms with Gasteiger partial charge in [-0.15, -0.1) is 5.10 Å². The van der Waals surface area contributed by atoms with Crippen molar-refractivity contribution < 1.29 is 22.7 Å². The van der Waals surface area contributed by atoms with Crippen molar-refractivity contribution in [2.75, 3.05) is 25.1 Å². The summed E-state index contributed by atoms with van der Waals surface area (Å²) in [7, 11) is 1.27. The number of ether oxygens (including phenoxy) is 1. The van der Waals surface area contributed by atoms with Crippen molar-refractivity contribution in [1.29, 1.82) is 0 Å². The van der Waals surface area contributed by atoms with E-state index in [0.29, 0.717) is 49.4 Å². The maximum atomic E-state index is 13.6. The Labute approximate surface area is 170 Å². The summed E-state index contributed by atoms with van der Waals surface area (Å²) in [6.45, 7) is 4.67. The van der Waals surface area contributed by atoms with Crippen LogP contribution in [0.3, 0.4) is 0 Å². The highest BCUT2D eigenvalue weighted by molar-refractivity contribution is 6.29. The molecular weight excluding hydrogens is 411 g/mol. The second-order valence-electron chi connectivity index (χ2n) is 6.59. The van der Waals surface area contributed by atoms with Gasteiger partial charge in [0.2, 0.25) is 0 Å². The van der Waals surface area contributed by atoms with Gasteiger partial charge >= 0.3 is 12.1 Å². The molecule has 0 amide bonds. The number of hydrogen-bond acceptors (Lipinski definition) is 6. The number of esters is 1. The second-order valence-corrected chi connectivity index (χ2v) is 6.97. The fourth-order valence-corrected chi connectivity index (χ4v) is 3.51. The van der Waals surface area contributed by atoms with Crippen molar-refractivity contribution in [2.24, 2.45) is 0 Å². The minimum atomic E-state index is -4.58. The molecule has 0 atom stereocenters. The van der Waals surface area contributed by atoms with Gasteiger partial charge in [0.15, 0.2) is 10.8 Å². The molecule has 0 saturated carbocycles. The van der Waals surface area contributed by atoms with Gasteiger partial charge in [0.25, 0.3) is 0 Å². The van der Waals surface area contributed by atoms with Gasteiger partial charge in [-0.05, 0) is 25.7 Å². The number of alkyl halides is 3. The molecule has 7 nitrogen and oxygen atoms in total. The highest BCUT2D eigenvalue weighted by atomic mass is 35.5. The van der Waals surface area contributed by atoms with E-state index in [1.807, 2.05) is 4.90 Å². The molecule has 0 aliphatic carbocycles. The van der Waals surface area contributed by atoms with Crippen molar-refractivity contribution in [3.8, 4) is 5.69 Å². The molecule has 0 spiro atoms. The molecule has 2 aromatic heterocycles. The van der Waals surface area contributed by atoms with Crippen molar-refractivity contribution >= 4 is 23.4 Å². The van der Waals surface area contributed by atoms with E-state index < -0.39 is 17.8 Å². The third-order valence-corrected chi connectivity index (χ3v) is 4.80. The van der Waals surface area contributed by atoms with Gasteiger partial charge in [0.1, 0.15) is 5.82 Å². The standard InChI is InChI=1S/C18H19ClF3N5O2/c1-11(17(28)29-2)5-3-7-26-8-4-6-13-15(18(20,21)22)25-27(16(13)26)12-9-14(19)24-23-10-12/h9-10H,1,3-8H2,2H3. The van der Waals surface area contributed by atoms with Gasteiger partial charge in [-0.1, -0.05) is 18.2 Å². The van der Waals surface area contributed by atoms with Crippen LogP contribution in [0.1, 0.15) is 30.5 Å². The number of nitrogens with zero attached hydrogens (tertiary/aromatic N) is 5. The molecule has 11 heteroatoms. The zero-order valence-electron chi connectivity index (χ0n) is 15.7. The van der Waals surface area contributed by atoms with Gasteiger partial charge in [-0.25, -0.2) is 9.48 Å². The number of hydrogen-bond donors (Lipinski definition) is 0. The first-order valence-electron chi connectivity index (χ1n) is 8.91. The molecule has 3 heterocycles. The summed E-state index contributed by atoms with van der Waals surface area (Å²) in [6.07, 6.45) is -1.54. The first kappa shape index (κ1) is 21.1. The highest BCUT2D eigenvalue weighted by Gasteiger charge is 2.41. The Morgan fingerprint density at radius 3 is 2.83 bits per heavy atom. The summed E-state index contributed by atoms with van der Waals surface area (Å²) in [5.41, 5.74) is -0.158. The van der Waals surface area contributed by atoms with Crippen molar-refractivity contribution in [3.63, 3.8) is 0 Å². The Hall–Kier alpha value is -2.62. The van der Waals surface area contributed by atoms with Crippen LogP contribution in [0.5, 0.6) is 0 Å². The molecule has 156 valence electrons. The van der Waals surface area contributed by atoms with Crippen LogP contribution in [0, 0.1) is 0 Å². The lowest BCUT2D eigenvalue weighted by molar-refractivity contribution is -0.142. The number of carbonyl (C=O) groups is 1. The average Bonchev–Trinajstić information content (AvgIpc) is 3.08. The molecule has 29 heavy (non-hydrogen) atoms. The van der Waals surface area contributed by atoms with Crippen LogP contribution < -0.4 is 4.90 Å². The molecule has 0 radical (unpaired) electrons. The Bertz CT molecular complexity index is 929. The molecule has 2 aromatic rings. The number of fused-ring (bicyclic) bond motifs is 1. The smallest absolute Gasteiger partial charge is 0.435 e. The number of anilines is 1. The summed E-state index contributed by atoms with van der Waals surface area (Å²) >= 11 is 5.87. The summed E-state index contributed by atoms with van der Waals surface area (Å²) in [5.74, 6) is -0.137. The van der Waals surface area contributed by atoms with Gasteiger partial charge < -0.3 is 9.64 Å². The van der Waals surface area contributed by atoms with Gasteiger partial charge in [0.05, 0.1) is 19.0 Å². The van der Waals surface area contributed by atoms with E-state index in [1.165, 1.54) is 24.1 Å². The normalized spacial score (nSPS) is 13.9. The first-order valence-corrected chi connectivity index (χ1v) is 9.29. The fraction of sp³-hybridized carbons (Fsp3) is 0.444. The van der Waals surface area contributed by atoms with Gasteiger partial charge in [-0.3, -0.25) is 0 Å². The van der Waals surface area contributed by atoms with Gasteiger partial charge in [-0.2, -0.15) is 23.4 Å². The Morgan fingerprint density at radius 2 is 2.17 bits per heavy atom. The number of methoxy groups -OCH3 is 1. The monoisotopic (exact) mass is 429 g/mol. The van der Waals surface area contributed by atoms with Crippen molar-refractivity contribution in [3.05, 3.63) is 40.8 Å². The molecule has 0 saturated heterocycles. The summed E-state index contributed by atoms with van der Waals surface area (Å²) in [6, 6.07) is 1.41. The summed E-state index contributed by atoms with van der Waals surface area (Å²) < 4.78 is 46.6. The van der Waals surface area contributed by atoms with Crippen molar-refractivity contribution in [2.45, 2.75) is 31.9 Å². The number of carbonyl (C=O) groups excluding carboxylic acids is 1. The van der Waals surface area contributed by atoms with E-state index in [4.69, 9.17) is 11.6 Å². The van der Waals surface area contributed by atoms with E-state index >= 15 is 0 Å². The molecule has 0 unspecified atom stereocenters. The maximum Gasteiger partial charge on any atom is 0.435 e. The van der Waals surface area contributed by atoms with Gasteiger partial charge in [0, 0.05) is 30.3 Å². The molecule has 0 aromatic carbocycles. The number of aromatic nitrogens is 4. The Morgan fingerprint density at radius 1 is 1.41 bits per heavy atom. The lowest BCUT2D eigenvalue weighted by atomic mass is 10.0. The lowest BCUT2D eigenvalue weighted by Gasteiger charge is -2.30. The number of rotatable bonds is 6. The van der Waals surface area contributed by atoms with Crippen LogP contribution in [-0.2, 0) is 22.1 Å². The first-order chi connectivity index (χ1) is 13.7. The van der Waals surface area contributed by atoms with Crippen LogP contribution >= 0.6 is 11.6 Å². The Kier molecular flexibility index (Phi) is 6.11. The van der Waals surface area contributed by atoms with Crippen LogP contribution in [0.2, 0.25) is 5.15 Å². The zero-order valence-corrected chi connectivity index (χ0v) is 16.4. The quantitative estimate of drug-likeness (QED) is 0.516. The van der Waals surface area contributed by atoms with Crippen LogP contribution in [0.15, 0.2) is 24.4 Å². The lowest BCUT2D eigenvalue weighted by Crippen LogP contribution is -2.32. The van der Waals surface area contributed by atoms with E-state index in [-0.39, 0.29) is 17.1 Å². The predicted octanol–water partition coefficient (Wildman–Crippen LogP) is 3.60. The van der Waals surface area contributed by atoms with E-state index in [0.717, 1.165) is 0 Å². The number of halogens is 4. The van der Waals surface area contributed by atoms with E-state index in [9.17, 15) is 18.0 Å². The third kappa shape index (κ3) is 4.52. The van der Waals surface area contributed by atoms with E-state index in [1.54, 1.807) is 0 Å². The fourth-order valence-electron chi connectivity index (χ4n) is 3.35. The second kappa shape index (κ2) is 8.40. The van der Waals surface area contributed by atoms with Crippen LogP contribution in [0.4, 0.5) is 19.0 Å². The maximum absolute atomic E-state index is 13.6. The Balaban J connectivity index is 1.94. The van der Waals surface area contributed by atoms with Crippen molar-refractivity contribution in [1.82, 2.24) is 20.0 Å². The zero-order chi connectivity index (χ0) is 21.2. The molecule has 3 rings (SSSR count). The highest BCUT2D eigenvalue weighted by Crippen LogP contribution is 2.40. The topological polar surface area (TPSA) is 73.1 Å². The van der Waals surface area contributed by atoms with Crippen LogP contribution in [0.25, 0.3) is 5.69 Å².